The maximum absolute atomic E-state index is 13.7. The Kier molecular flexibility index (Phi) is 4.50. The van der Waals surface area contributed by atoms with E-state index in [0.29, 0.717) is 25.9 Å². The normalized spacial score (nSPS) is 24.8. The fraction of sp³-hybridized carbons (Fsp3) is 0.529. The van der Waals surface area contributed by atoms with Crippen molar-refractivity contribution in [2.75, 3.05) is 13.1 Å². The minimum absolute atomic E-state index is 0.0734. The SMILES string of the molecule is O=C(O)C1CCN(C(=O)NC2CC(c3ccccc3F)C2)CC1. The summed E-state index contributed by atoms with van der Waals surface area (Å²) in [6, 6.07) is 6.71. The van der Waals surface area contributed by atoms with Gasteiger partial charge in [-0.25, -0.2) is 9.18 Å². The first-order valence-corrected chi connectivity index (χ1v) is 8.07. The van der Waals surface area contributed by atoms with Crippen LogP contribution in [0.25, 0.3) is 0 Å². The molecule has 0 bridgehead atoms. The third-order valence-corrected chi connectivity index (χ3v) is 4.94. The Morgan fingerprint density at radius 1 is 1.17 bits per heavy atom. The number of carboxylic acids is 1. The van der Waals surface area contributed by atoms with E-state index in [9.17, 15) is 14.0 Å². The number of rotatable bonds is 3. The van der Waals surface area contributed by atoms with Gasteiger partial charge in [-0.2, -0.15) is 0 Å². The number of benzene rings is 1. The van der Waals surface area contributed by atoms with Crippen molar-refractivity contribution in [1.82, 2.24) is 10.2 Å². The Labute approximate surface area is 134 Å². The zero-order chi connectivity index (χ0) is 16.4. The molecule has 2 amide bonds. The van der Waals surface area contributed by atoms with Crippen LogP contribution in [0.15, 0.2) is 24.3 Å². The molecule has 3 rings (SSSR count). The van der Waals surface area contributed by atoms with Gasteiger partial charge in [0.05, 0.1) is 5.92 Å². The van der Waals surface area contributed by atoms with E-state index in [-0.39, 0.29) is 29.7 Å². The molecular weight excluding hydrogens is 299 g/mol. The maximum atomic E-state index is 13.7. The number of likely N-dealkylation sites (tertiary alicyclic amines) is 1. The molecule has 5 nitrogen and oxygen atoms in total. The molecule has 1 heterocycles. The molecule has 1 saturated carbocycles. The molecule has 6 heteroatoms. The summed E-state index contributed by atoms with van der Waals surface area (Å²) in [7, 11) is 0. The maximum Gasteiger partial charge on any atom is 0.317 e. The van der Waals surface area contributed by atoms with Crippen molar-refractivity contribution in [2.24, 2.45) is 5.92 Å². The second kappa shape index (κ2) is 6.56. The van der Waals surface area contributed by atoms with E-state index < -0.39 is 5.97 Å². The van der Waals surface area contributed by atoms with Crippen LogP contribution in [0.5, 0.6) is 0 Å². The molecule has 2 fully saturated rings. The number of halogens is 1. The molecule has 0 spiro atoms. The van der Waals surface area contributed by atoms with Gasteiger partial charge in [-0.05, 0) is 43.2 Å². The van der Waals surface area contributed by atoms with Gasteiger partial charge in [0, 0.05) is 19.1 Å². The quantitative estimate of drug-likeness (QED) is 0.899. The van der Waals surface area contributed by atoms with Crippen molar-refractivity contribution in [2.45, 2.75) is 37.6 Å². The first-order valence-electron chi connectivity index (χ1n) is 8.07. The summed E-state index contributed by atoms with van der Waals surface area (Å²) in [4.78, 5) is 24.8. The Bertz CT molecular complexity index is 593. The molecule has 23 heavy (non-hydrogen) atoms. The highest BCUT2D eigenvalue weighted by Gasteiger charge is 2.34. The Balaban J connectivity index is 1.44. The molecule has 2 N–H and O–H groups in total. The van der Waals surface area contributed by atoms with Gasteiger partial charge in [0.2, 0.25) is 0 Å². The molecule has 1 aromatic rings. The number of nitrogens with one attached hydrogen (secondary N) is 1. The van der Waals surface area contributed by atoms with Gasteiger partial charge < -0.3 is 15.3 Å². The summed E-state index contributed by atoms with van der Waals surface area (Å²) in [6.45, 7) is 0.957. The lowest BCUT2D eigenvalue weighted by Crippen LogP contribution is -2.51. The summed E-state index contributed by atoms with van der Waals surface area (Å²) in [6.07, 6.45) is 2.51. The first-order chi connectivity index (χ1) is 11.0. The molecule has 1 aliphatic heterocycles. The fourth-order valence-corrected chi connectivity index (χ4v) is 3.39. The highest BCUT2D eigenvalue weighted by atomic mass is 19.1. The second-order valence-electron chi connectivity index (χ2n) is 6.44. The molecule has 0 aromatic heterocycles. The number of piperidine rings is 1. The van der Waals surface area contributed by atoms with Crippen molar-refractivity contribution in [3.8, 4) is 0 Å². The van der Waals surface area contributed by atoms with Gasteiger partial charge in [0.15, 0.2) is 0 Å². The number of hydrogen-bond donors (Lipinski definition) is 2. The molecule has 1 aliphatic carbocycles. The summed E-state index contributed by atoms with van der Waals surface area (Å²) in [5.74, 6) is -1.14. The number of aliphatic carboxylic acids is 1. The fourth-order valence-electron chi connectivity index (χ4n) is 3.39. The standard InChI is InChI=1S/C17H21FN2O3/c18-15-4-2-1-3-14(15)12-9-13(10-12)19-17(23)20-7-5-11(6-8-20)16(21)22/h1-4,11-13H,5-10H2,(H,19,23)(H,21,22). The van der Waals surface area contributed by atoms with Crippen LogP contribution in [0, 0.1) is 11.7 Å². The van der Waals surface area contributed by atoms with Crippen LogP contribution in [0.3, 0.4) is 0 Å². The number of urea groups is 1. The Morgan fingerprint density at radius 3 is 2.43 bits per heavy atom. The Hall–Kier alpha value is -2.11. The van der Waals surface area contributed by atoms with Crippen molar-refractivity contribution in [3.05, 3.63) is 35.6 Å². The number of carbonyl (C=O) groups excluding carboxylic acids is 1. The average Bonchev–Trinajstić information content (AvgIpc) is 2.51. The van der Waals surface area contributed by atoms with E-state index in [0.717, 1.165) is 18.4 Å². The van der Waals surface area contributed by atoms with Gasteiger partial charge in [-0.1, -0.05) is 18.2 Å². The predicted octanol–water partition coefficient (Wildman–Crippen LogP) is 2.58. The monoisotopic (exact) mass is 320 g/mol. The van der Waals surface area contributed by atoms with Crippen molar-refractivity contribution >= 4 is 12.0 Å². The van der Waals surface area contributed by atoms with Gasteiger partial charge in [-0.15, -0.1) is 0 Å². The lowest BCUT2D eigenvalue weighted by molar-refractivity contribution is -0.143. The van der Waals surface area contributed by atoms with Gasteiger partial charge in [0.1, 0.15) is 5.82 Å². The zero-order valence-electron chi connectivity index (χ0n) is 12.9. The number of amides is 2. The summed E-state index contributed by atoms with van der Waals surface area (Å²) >= 11 is 0. The van der Waals surface area contributed by atoms with Crippen LogP contribution in [0.2, 0.25) is 0 Å². The van der Waals surface area contributed by atoms with E-state index in [2.05, 4.69) is 5.32 Å². The highest BCUT2D eigenvalue weighted by Crippen LogP contribution is 2.38. The molecular formula is C17H21FN2O3. The van der Waals surface area contributed by atoms with Gasteiger partial charge >= 0.3 is 12.0 Å². The van der Waals surface area contributed by atoms with Crippen LogP contribution in [-0.2, 0) is 4.79 Å². The first kappa shape index (κ1) is 15.8. The average molecular weight is 320 g/mol. The molecule has 0 unspecified atom stereocenters. The second-order valence-corrected chi connectivity index (χ2v) is 6.44. The minimum Gasteiger partial charge on any atom is -0.481 e. The third-order valence-electron chi connectivity index (χ3n) is 4.94. The number of hydrogen-bond acceptors (Lipinski definition) is 2. The zero-order valence-corrected chi connectivity index (χ0v) is 12.9. The summed E-state index contributed by atoms with van der Waals surface area (Å²) in [5, 5.41) is 11.9. The van der Waals surface area contributed by atoms with Crippen LogP contribution in [0.4, 0.5) is 9.18 Å². The van der Waals surface area contributed by atoms with Crippen molar-refractivity contribution in [3.63, 3.8) is 0 Å². The molecule has 2 aliphatic rings. The smallest absolute Gasteiger partial charge is 0.317 e. The van der Waals surface area contributed by atoms with E-state index in [1.54, 1.807) is 17.0 Å². The molecule has 1 aromatic carbocycles. The molecule has 1 saturated heterocycles. The van der Waals surface area contributed by atoms with Gasteiger partial charge in [-0.3, -0.25) is 4.79 Å². The predicted molar refractivity (Wildman–Crippen MR) is 82.6 cm³/mol. The minimum atomic E-state index is -0.781. The molecule has 0 atom stereocenters. The van der Waals surface area contributed by atoms with Crippen LogP contribution in [-0.4, -0.2) is 41.1 Å². The summed E-state index contributed by atoms with van der Waals surface area (Å²) in [5.41, 5.74) is 0.722. The van der Waals surface area contributed by atoms with Crippen molar-refractivity contribution < 1.29 is 19.1 Å². The Morgan fingerprint density at radius 2 is 1.83 bits per heavy atom. The van der Waals surface area contributed by atoms with E-state index in [4.69, 9.17) is 5.11 Å². The van der Waals surface area contributed by atoms with E-state index in [1.165, 1.54) is 6.07 Å². The van der Waals surface area contributed by atoms with Crippen LogP contribution >= 0.6 is 0 Å². The number of carbonyl (C=O) groups is 2. The van der Waals surface area contributed by atoms with E-state index in [1.807, 2.05) is 6.07 Å². The molecule has 124 valence electrons. The number of carboxylic acid groups (broad SMARTS) is 1. The number of nitrogens with zero attached hydrogens (tertiary/aromatic N) is 1. The lowest BCUT2D eigenvalue weighted by Gasteiger charge is -2.38. The third kappa shape index (κ3) is 3.46. The van der Waals surface area contributed by atoms with Crippen molar-refractivity contribution in [1.29, 1.82) is 0 Å². The molecule has 0 radical (unpaired) electrons. The summed E-state index contributed by atoms with van der Waals surface area (Å²) < 4.78 is 13.7. The highest BCUT2D eigenvalue weighted by molar-refractivity contribution is 5.75. The lowest BCUT2D eigenvalue weighted by atomic mass is 9.75. The van der Waals surface area contributed by atoms with Crippen LogP contribution < -0.4 is 5.32 Å². The van der Waals surface area contributed by atoms with Crippen LogP contribution in [0.1, 0.15) is 37.2 Å². The van der Waals surface area contributed by atoms with E-state index >= 15 is 0 Å². The largest absolute Gasteiger partial charge is 0.481 e. The topological polar surface area (TPSA) is 69.6 Å². The van der Waals surface area contributed by atoms with Gasteiger partial charge in [0.25, 0.3) is 0 Å².